The topological polar surface area (TPSA) is 67.3 Å². The third-order valence-electron chi connectivity index (χ3n) is 4.45. The Hall–Kier alpha value is -1.34. The number of hydrogen-bond donors (Lipinski definition) is 1. The third kappa shape index (κ3) is 4.31. The summed E-state index contributed by atoms with van der Waals surface area (Å²) in [6.07, 6.45) is 2.19. The maximum absolute atomic E-state index is 12.5. The molecule has 0 aliphatic carbocycles. The monoisotopic (exact) mass is 298 g/mol. The Morgan fingerprint density at radius 2 is 1.86 bits per heavy atom. The Kier molecular flexibility index (Phi) is 5.41. The van der Waals surface area contributed by atoms with Crippen LogP contribution in [0.5, 0.6) is 0 Å². The standard InChI is InChI=1S/C14H26N4O3/c1-15-5-3-4-12(10-15)16(2)14(21)18-8-6-17(7-9-18)11-13(19)20/h12H,3-11H2,1-2H3,(H,19,20). The summed E-state index contributed by atoms with van der Waals surface area (Å²) >= 11 is 0. The lowest BCUT2D eigenvalue weighted by atomic mass is 10.1. The molecule has 2 aliphatic heterocycles. The van der Waals surface area contributed by atoms with E-state index in [1.54, 1.807) is 0 Å². The predicted molar refractivity (Wildman–Crippen MR) is 79.3 cm³/mol. The normalized spacial score (nSPS) is 24.9. The molecule has 0 aromatic carbocycles. The average Bonchev–Trinajstić information content (AvgIpc) is 2.46. The molecule has 21 heavy (non-hydrogen) atoms. The zero-order valence-corrected chi connectivity index (χ0v) is 13.0. The van der Waals surface area contributed by atoms with Crippen molar-refractivity contribution in [2.24, 2.45) is 0 Å². The van der Waals surface area contributed by atoms with Crippen molar-refractivity contribution in [3.63, 3.8) is 0 Å². The van der Waals surface area contributed by atoms with Gasteiger partial charge in [0.15, 0.2) is 0 Å². The lowest BCUT2D eigenvalue weighted by Crippen LogP contribution is -2.56. The second-order valence-electron chi connectivity index (χ2n) is 6.11. The van der Waals surface area contributed by atoms with E-state index < -0.39 is 5.97 Å². The Morgan fingerprint density at radius 3 is 2.43 bits per heavy atom. The summed E-state index contributed by atoms with van der Waals surface area (Å²) in [4.78, 5) is 31.1. The second kappa shape index (κ2) is 7.09. The lowest BCUT2D eigenvalue weighted by molar-refractivity contribution is -0.138. The minimum Gasteiger partial charge on any atom is -0.480 e. The van der Waals surface area contributed by atoms with Gasteiger partial charge in [0.2, 0.25) is 0 Å². The molecule has 2 aliphatic rings. The molecule has 2 amide bonds. The van der Waals surface area contributed by atoms with Gasteiger partial charge in [-0.2, -0.15) is 0 Å². The summed E-state index contributed by atoms with van der Waals surface area (Å²) in [7, 11) is 3.98. The van der Waals surface area contributed by atoms with Crippen LogP contribution in [0.15, 0.2) is 0 Å². The van der Waals surface area contributed by atoms with Crippen molar-refractivity contribution in [2.75, 3.05) is 59.9 Å². The fourth-order valence-corrected chi connectivity index (χ4v) is 3.12. The number of carbonyl (C=O) groups excluding carboxylic acids is 1. The number of amides is 2. The molecular formula is C14H26N4O3. The van der Waals surface area contributed by atoms with E-state index in [4.69, 9.17) is 5.11 Å². The van der Waals surface area contributed by atoms with Crippen LogP contribution < -0.4 is 0 Å². The predicted octanol–water partition coefficient (Wildman–Crippen LogP) is -0.165. The molecule has 7 heteroatoms. The van der Waals surface area contributed by atoms with E-state index in [2.05, 4.69) is 11.9 Å². The number of piperidine rings is 1. The Balaban J connectivity index is 1.82. The number of carboxylic acids is 1. The number of nitrogens with zero attached hydrogens (tertiary/aromatic N) is 4. The smallest absolute Gasteiger partial charge is 0.320 e. The number of urea groups is 1. The van der Waals surface area contributed by atoms with Crippen LogP contribution in [0.4, 0.5) is 4.79 Å². The first-order valence-electron chi connectivity index (χ1n) is 7.62. The second-order valence-corrected chi connectivity index (χ2v) is 6.11. The molecule has 1 atom stereocenters. The molecule has 0 aromatic rings. The number of likely N-dealkylation sites (N-methyl/N-ethyl adjacent to an activating group) is 2. The lowest BCUT2D eigenvalue weighted by Gasteiger charge is -2.40. The van der Waals surface area contributed by atoms with E-state index in [9.17, 15) is 9.59 Å². The number of likely N-dealkylation sites (tertiary alicyclic amines) is 1. The first-order chi connectivity index (χ1) is 9.97. The van der Waals surface area contributed by atoms with Gasteiger partial charge in [-0.15, -0.1) is 0 Å². The molecule has 0 aromatic heterocycles. The molecule has 0 bridgehead atoms. The highest BCUT2D eigenvalue weighted by Crippen LogP contribution is 2.15. The van der Waals surface area contributed by atoms with Gasteiger partial charge in [-0.3, -0.25) is 9.69 Å². The Morgan fingerprint density at radius 1 is 1.19 bits per heavy atom. The van der Waals surface area contributed by atoms with Gasteiger partial charge in [-0.05, 0) is 26.4 Å². The first kappa shape index (κ1) is 16.0. The van der Waals surface area contributed by atoms with Crippen molar-refractivity contribution < 1.29 is 14.7 Å². The molecular weight excluding hydrogens is 272 g/mol. The molecule has 2 rings (SSSR count). The van der Waals surface area contributed by atoms with E-state index in [1.165, 1.54) is 0 Å². The SMILES string of the molecule is CN1CCCC(N(C)C(=O)N2CCN(CC(=O)O)CC2)C1. The van der Waals surface area contributed by atoms with Gasteiger partial charge in [0.1, 0.15) is 0 Å². The number of piperazine rings is 1. The molecule has 2 heterocycles. The van der Waals surface area contributed by atoms with Crippen molar-refractivity contribution in [2.45, 2.75) is 18.9 Å². The molecule has 2 fully saturated rings. The minimum atomic E-state index is -0.808. The molecule has 0 saturated carbocycles. The molecule has 1 unspecified atom stereocenters. The van der Waals surface area contributed by atoms with E-state index >= 15 is 0 Å². The van der Waals surface area contributed by atoms with Crippen molar-refractivity contribution in [3.8, 4) is 0 Å². The van der Waals surface area contributed by atoms with E-state index in [1.807, 2.05) is 21.7 Å². The van der Waals surface area contributed by atoms with Gasteiger partial charge in [-0.25, -0.2) is 4.79 Å². The van der Waals surface area contributed by atoms with Crippen molar-refractivity contribution in [1.82, 2.24) is 19.6 Å². The van der Waals surface area contributed by atoms with E-state index in [0.717, 1.165) is 25.9 Å². The van der Waals surface area contributed by atoms with Crippen LogP contribution in [-0.4, -0.2) is 103 Å². The summed E-state index contributed by atoms with van der Waals surface area (Å²) in [6, 6.07) is 0.360. The number of hydrogen-bond acceptors (Lipinski definition) is 4. The van der Waals surface area contributed by atoms with Crippen LogP contribution in [0.2, 0.25) is 0 Å². The van der Waals surface area contributed by atoms with Gasteiger partial charge >= 0.3 is 12.0 Å². The summed E-state index contributed by atoms with van der Waals surface area (Å²) in [5.74, 6) is -0.808. The first-order valence-corrected chi connectivity index (χ1v) is 7.62. The maximum atomic E-state index is 12.5. The van der Waals surface area contributed by atoms with E-state index in [-0.39, 0.29) is 18.6 Å². The van der Waals surface area contributed by atoms with E-state index in [0.29, 0.717) is 26.2 Å². The molecule has 1 N–H and O–H groups in total. The van der Waals surface area contributed by atoms with Gasteiger partial charge in [-0.1, -0.05) is 0 Å². The molecule has 120 valence electrons. The van der Waals surface area contributed by atoms with Crippen LogP contribution in [-0.2, 0) is 4.79 Å². The minimum absolute atomic E-state index is 0.0608. The summed E-state index contributed by atoms with van der Waals surface area (Å²) in [5.41, 5.74) is 0. The van der Waals surface area contributed by atoms with Crippen molar-refractivity contribution in [1.29, 1.82) is 0 Å². The van der Waals surface area contributed by atoms with Gasteiger partial charge in [0.05, 0.1) is 6.54 Å². The van der Waals surface area contributed by atoms with Crippen LogP contribution in [0.25, 0.3) is 0 Å². The molecule has 0 radical (unpaired) electrons. The highest BCUT2D eigenvalue weighted by atomic mass is 16.4. The Bertz CT molecular complexity index is 382. The molecule has 0 spiro atoms. The molecule has 2 saturated heterocycles. The summed E-state index contributed by atoms with van der Waals surface area (Å²) in [6.45, 7) is 4.59. The fourth-order valence-electron chi connectivity index (χ4n) is 3.12. The number of rotatable bonds is 3. The van der Waals surface area contributed by atoms with Gasteiger partial charge in [0, 0.05) is 45.8 Å². The highest BCUT2D eigenvalue weighted by Gasteiger charge is 2.29. The number of aliphatic carboxylic acids is 1. The highest BCUT2D eigenvalue weighted by molar-refractivity contribution is 5.75. The third-order valence-corrected chi connectivity index (χ3v) is 4.45. The van der Waals surface area contributed by atoms with Crippen molar-refractivity contribution >= 4 is 12.0 Å². The average molecular weight is 298 g/mol. The number of carboxylic acid groups (broad SMARTS) is 1. The maximum Gasteiger partial charge on any atom is 0.320 e. The van der Waals surface area contributed by atoms with Gasteiger partial charge < -0.3 is 19.8 Å². The zero-order valence-electron chi connectivity index (χ0n) is 13.0. The van der Waals surface area contributed by atoms with Crippen molar-refractivity contribution in [3.05, 3.63) is 0 Å². The van der Waals surface area contributed by atoms with Crippen LogP contribution >= 0.6 is 0 Å². The fraction of sp³-hybridized carbons (Fsp3) is 0.857. The quantitative estimate of drug-likeness (QED) is 0.784. The largest absolute Gasteiger partial charge is 0.480 e. The Labute approximate surface area is 126 Å². The van der Waals surface area contributed by atoms with Crippen LogP contribution in [0, 0.1) is 0 Å². The zero-order chi connectivity index (χ0) is 15.4. The summed E-state index contributed by atoms with van der Waals surface area (Å²) < 4.78 is 0. The van der Waals surface area contributed by atoms with Gasteiger partial charge in [0.25, 0.3) is 0 Å². The van der Waals surface area contributed by atoms with Crippen LogP contribution in [0.1, 0.15) is 12.8 Å². The summed E-state index contributed by atoms with van der Waals surface area (Å²) in [5, 5.41) is 8.79. The number of carbonyl (C=O) groups is 2. The van der Waals surface area contributed by atoms with Crippen LogP contribution in [0.3, 0.4) is 0 Å². The molecule has 7 nitrogen and oxygen atoms in total.